The molecule has 13 nitrogen and oxygen atoms in total. The number of allylic oxidation sites excluding steroid dienone is 2. The molecule has 2 saturated carbocycles. The number of nitroso groups, excluding NO2 is 2. The minimum absolute atomic E-state index is 0.00776. The zero-order chi connectivity index (χ0) is 29.6. The normalized spacial score (nSPS) is 42.9. The van der Waals surface area contributed by atoms with Gasteiger partial charge in [-0.2, -0.15) is 4.91 Å². The van der Waals surface area contributed by atoms with Crippen LogP contribution in [0.2, 0.25) is 0 Å². The lowest BCUT2D eigenvalue weighted by atomic mass is 9.72. The Labute approximate surface area is 235 Å². The number of carbonyl (C=O) groups excluding carboxylic acids is 2. The Morgan fingerprint density at radius 2 is 1.78 bits per heavy atom. The van der Waals surface area contributed by atoms with Crippen molar-refractivity contribution in [1.29, 1.82) is 0 Å². The topological polar surface area (TPSA) is 213 Å². The first kappa shape index (κ1) is 29.6. The van der Waals surface area contributed by atoms with E-state index in [1.54, 1.807) is 13.0 Å². The van der Waals surface area contributed by atoms with E-state index in [0.29, 0.717) is 29.7 Å². The Bertz CT molecular complexity index is 1170. The molecule has 0 aromatic heterocycles. The highest BCUT2D eigenvalue weighted by molar-refractivity contribution is 5.98. The van der Waals surface area contributed by atoms with Crippen LogP contribution in [-0.4, -0.2) is 86.1 Å². The summed E-state index contributed by atoms with van der Waals surface area (Å²) in [6.45, 7) is 1.73. The molecule has 1 aliphatic heterocycles. The van der Waals surface area contributed by atoms with Crippen molar-refractivity contribution in [3.63, 3.8) is 0 Å². The summed E-state index contributed by atoms with van der Waals surface area (Å²) in [5, 5.41) is 57.5. The predicted octanol–water partition coefficient (Wildman–Crippen LogP) is 0.906. The van der Waals surface area contributed by atoms with Gasteiger partial charge in [-0.25, -0.2) is 0 Å². The smallest absolute Gasteiger partial charge is 0.309 e. The molecular weight excluding hydrogens is 540 g/mol. The van der Waals surface area contributed by atoms with Crippen LogP contribution in [0.3, 0.4) is 0 Å². The number of carbonyl (C=O) groups is 2. The van der Waals surface area contributed by atoms with E-state index >= 15 is 0 Å². The van der Waals surface area contributed by atoms with Crippen LogP contribution >= 0.6 is 0 Å². The average Bonchev–Trinajstić information content (AvgIpc) is 3.07. The molecule has 0 saturated heterocycles. The molecule has 0 radical (unpaired) electrons. The molecule has 10 unspecified atom stereocenters. The summed E-state index contributed by atoms with van der Waals surface area (Å²) in [6, 6.07) is -1.27. The summed E-state index contributed by atoms with van der Waals surface area (Å²) in [5.41, 5.74) is 0.290. The number of fused-ring (bicyclic) bond motifs is 1. The van der Waals surface area contributed by atoms with E-state index in [2.05, 4.69) is 10.4 Å². The zero-order valence-electron chi connectivity index (χ0n) is 22.6. The third-order valence-electron chi connectivity index (χ3n) is 9.30. The molecule has 13 heteroatoms. The molecule has 224 valence electrons. The van der Waals surface area contributed by atoms with Gasteiger partial charge in [0.15, 0.2) is 17.6 Å². The molecule has 0 bridgehead atoms. The third-order valence-corrected chi connectivity index (χ3v) is 9.30. The van der Waals surface area contributed by atoms with Gasteiger partial charge in [0.05, 0.1) is 42.4 Å². The average molecular weight is 577 g/mol. The minimum Gasteiger partial charge on any atom is -0.486 e. The van der Waals surface area contributed by atoms with Crippen LogP contribution in [0.25, 0.3) is 0 Å². The van der Waals surface area contributed by atoms with E-state index in [-0.39, 0.29) is 38.0 Å². The van der Waals surface area contributed by atoms with Crippen LogP contribution in [-0.2, 0) is 19.1 Å². The van der Waals surface area contributed by atoms with E-state index in [4.69, 9.17) is 9.47 Å². The maximum Gasteiger partial charge on any atom is 0.309 e. The van der Waals surface area contributed by atoms with Gasteiger partial charge in [-0.3, -0.25) is 9.59 Å². The molecule has 0 amide bonds. The molecule has 0 aromatic rings. The summed E-state index contributed by atoms with van der Waals surface area (Å²) >= 11 is 0. The first-order valence-corrected chi connectivity index (χ1v) is 14.1. The lowest BCUT2D eigenvalue weighted by Gasteiger charge is -2.41. The molecule has 41 heavy (non-hydrogen) atoms. The van der Waals surface area contributed by atoms with Crippen molar-refractivity contribution < 1.29 is 44.6 Å². The molecule has 12 atom stereocenters. The molecular formula is C28H36N2O11. The van der Waals surface area contributed by atoms with Crippen LogP contribution in [0.4, 0.5) is 0 Å². The minimum atomic E-state index is -1.27. The number of ketones is 1. The first-order chi connectivity index (χ1) is 19.5. The van der Waals surface area contributed by atoms with Crippen molar-refractivity contribution in [2.45, 2.75) is 101 Å². The van der Waals surface area contributed by atoms with Gasteiger partial charge < -0.3 is 35.0 Å². The summed E-state index contributed by atoms with van der Waals surface area (Å²) < 4.78 is 12.2. The molecule has 5 N–H and O–H groups in total. The summed E-state index contributed by atoms with van der Waals surface area (Å²) in [6.07, 6.45) is -3.19. The Morgan fingerprint density at radius 3 is 2.46 bits per heavy atom. The molecule has 5 aliphatic rings. The molecule has 5 rings (SSSR count). The van der Waals surface area contributed by atoms with E-state index in [0.717, 1.165) is 0 Å². The van der Waals surface area contributed by atoms with E-state index < -0.39 is 84.0 Å². The summed E-state index contributed by atoms with van der Waals surface area (Å²) in [5.74, 6) is -3.76. The van der Waals surface area contributed by atoms with E-state index in [9.17, 15) is 44.9 Å². The van der Waals surface area contributed by atoms with Gasteiger partial charge in [0, 0.05) is 19.3 Å². The van der Waals surface area contributed by atoms with Gasteiger partial charge >= 0.3 is 5.97 Å². The number of aliphatic hydroxyl groups is 5. The number of hydrogen-bond acceptors (Lipinski definition) is 13. The van der Waals surface area contributed by atoms with E-state index in [1.165, 1.54) is 6.08 Å². The van der Waals surface area contributed by atoms with Crippen molar-refractivity contribution in [2.75, 3.05) is 0 Å². The van der Waals surface area contributed by atoms with Gasteiger partial charge in [0.1, 0.15) is 17.9 Å². The Kier molecular flexibility index (Phi) is 8.53. The predicted molar refractivity (Wildman–Crippen MR) is 140 cm³/mol. The molecule has 4 aliphatic carbocycles. The second-order valence-corrected chi connectivity index (χ2v) is 12.1. The maximum absolute atomic E-state index is 13.4. The van der Waals surface area contributed by atoms with Crippen LogP contribution in [0.15, 0.2) is 45.1 Å². The van der Waals surface area contributed by atoms with Crippen LogP contribution in [0.1, 0.15) is 51.9 Å². The second kappa shape index (κ2) is 11.8. The van der Waals surface area contributed by atoms with Gasteiger partial charge in [0.25, 0.3) is 0 Å². The SMILES string of the molecule is CC1CC(C(=O)O[C@@H]2CC3=C(CC(O)CC3O)O[C@@H]2C2=CC3CCC(O)C(N=O)C3C(=O)C(N=O)=C2)CC(O)C1O. The Balaban J connectivity index is 1.50. The first-order valence-electron chi connectivity index (χ1n) is 14.1. The number of esters is 1. The largest absolute Gasteiger partial charge is 0.486 e. The zero-order valence-corrected chi connectivity index (χ0v) is 22.6. The summed E-state index contributed by atoms with van der Waals surface area (Å²) in [7, 11) is 0. The van der Waals surface area contributed by atoms with Crippen molar-refractivity contribution in [2.24, 2.45) is 34.0 Å². The number of rotatable bonds is 5. The highest BCUT2D eigenvalue weighted by atomic mass is 16.6. The van der Waals surface area contributed by atoms with Crippen LogP contribution in [0, 0.1) is 33.5 Å². The number of nitrogens with zero attached hydrogens (tertiary/aromatic N) is 2. The monoisotopic (exact) mass is 576 g/mol. The fourth-order valence-electron chi connectivity index (χ4n) is 7.08. The second-order valence-electron chi connectivity index (χ2n) is 12.1. The number of Topliss-reactive ketones (excluding diaryl/α,β-unsaturated/α-hetero) is 1. The number of aliphatic hydroxyl groups excluding tert-OH is 5. The van der Waals surface area contributed by atoms with Gasteiger partial charge in [-0.05, 0) is 59.9 Å². The standard InChI is InChI=1S/C28H36N2O11/c1-11-4-14(7-20(34)25(11)35)28(37)41-22-10-16-19(33)8-15(31)9-21(16)40-27(22)13-5-12-2-3-18(32)24(30-39)23(12)26(36)17(6-13)29-38/h5-6,11-12,14-15,18-20,22-25,27,31-35H,2-4,7-10H2,1H3/t11?,12?,14?,15?,18?,19?,20?,22-,23?,24?,25?,27-/m1/s1. The lowest BCUT2D eigenvalue weighted by Crippen LogP contribution is -2.46. The highest BCUT2D eigenvalue weighted by Crippen LogP contribution is 2.43. The van der Waals surface area contributed by atoms with Crippen molar-refractivity contribution in [1.82, 2.24) is 0 Å². The molecule has 2 fully saturated rings. The third kappa shape index (κ3) is 5.65. The van der Waals surface area contributed by atoms with E-state index in [1.807, 2.05) is 0 Å². The Morgan fingerprint density at radius 1 is 1.02 bits per heavy atom. The maximum atomic E-state index is 13.4. The lowest BCUT2D eigenvalue weighted by molar-refractivity contribution is -0.167. The van der Waals surface area contributed by atoms with Crippen molar-refractivity contribution in [3.8, 4) is 0 Å². The fourth-order valence-corrected chi connectivity index (χ4v) is 7.08. The van der Waals surface area contributed by atoms with Crippen LogP contribution < -0.4 is 0 Å². The fraction of sp³-hybridized carbons (Fsp3) is 0.714. The van der Waals surface area contributed by atoms with Crippen molar-refractivity contribution in [3.05, 3.63) is 44.6 Å². The molecule has 0 aromatic carbocycles. The van der Waals surface area contributed by atoms with Gasteiger partial charge in [-0.15, -0.1) is 4.91 Å². The van der Waals surface area contributed by atoms with Gasteiger partial charge in [0.2, 0.25) is 0 Å². The molecule has 0 spiro atoms. The number of hydrogen-bond donors (Lipinski definition) is 5. The van der Waals surface area contributed by atoms with Crippen molar-refractivity contribution >= 4 is 11.8 Å². The van der Waals surface area contributed by atoms with Gasteiger partial charge in [-0.1, -0.05) is 18.2 Å². The number of ether oxygens (including phenoxy) is 2. The molecule has 1 heterocycles. The highest BCUT2D eigenvalue weighted by Gasteiger charge is 2.48. The summed E-state index contributed by atoms with van der Waals surface area (Å²) in [4.78, 5) is 50.0. The quantitative estimate of drug-likeness (QED) is 0.229. The van der Waals surface area contributed by atoms with Crippen LogP contribution in [0.5, 0.6) is 0 Å². The Hall–Kier alpha value is -2.84.